The Morgan fingerprint density at radius 1 is 1.15 bits per heavy atom. The van der Waals surface area contributed by atoms with E-state index >= 15 is 0 Å². The fourth-order valence-corrected chi connectivity index (χ4v) is 7.17. The van der Waals surface area contributed by atoms with Gasteiger partial charge < -0.3 is 14.2 Å². The molecule has 0 aromatic carbocycles. The minimum atomic E-state index is -1.61. The van der Waals surface area contributed by atoms with Gasteiger partial charge in [0, 0.05) is 30.1 Å². The lowest BCUT2D eigenvalue weighted by molar-refractivity contribution is -0.175. The third-order valence-corrected chi connectivity index (χ3v) is 8.66. The summed E-state index contributed by atoms with van der Waals surface area (Å²) in [6, 6.07) is 0. The zero-order chi connectivity index (χ0) is 24.2. The van der Waals surface area contributed by atoms with Gasteiger partial charge in [-0.25, -0.2) is 4.79 Å². The lowest BCUT2D eigenvalue weighted by atomic mass is 9.46. The molecule has 178 valence electrons. The minimum absolute atomic E-state index is 0.00845. The second-order valence-electron chi connectivity index (χ2n) is 10.2. The molecule has 3 saturated carbocycles. The van der Waals surface area contributed by atoms with Crippen LogP contribution in [0, 0.1) is 28.6 Å². The number of hydrogen-bond acceptors (Lipinski definition) is 8. The molecule has 0 heterocycles. The standard InChI is InChI=1S/C25H30O8/c1-14(26)32-13-20(29)25(33-22(30)31-4)10-8-18-17-6-5-15-11-16(27)7-9-23(15,2)21(17)19(28)12-24(18,25)3/h7,9,11,17-18,21H,5-6,8,10,12-13H2,1-4H3/t17-,18-,21+,23-,24-,25-/m0/s1. The summed E-state index contributed by atoms with van der Waals surface area (Å²) in [5.41, 5.74) is -2.13. The van der Waals surface area contributed by atoms with Gasteiger partial charge in [0.1, 0.15) is 5.78 Å². The molecule has 3 fully saturated rings. The summed E-state index contributed by atoms with van der Waals surface area (Å²) in [5, 5.41) is 0. The van der Waals surface area contributed by atoms with Crippen molar-refractivity contribution < 1.29 is 38.2 Å². The predicted octanol–water partition coefficient (Wildman–Crippen LogP) is 3.13. The highest BCUT2D eigenvalue weighted by Crippen LogP contribution is 2.67. The number of Topliss-reactive ketones (excluding diaryl/α,β-unsaturated/α-hetero) is 2. The minimum Gasteiger partial charge on any atom is -0.458 e. The Kier molecular flexibility index (Phi) is 5.61. The van der Waals surface area contributed by atoms with E-state index in [1.807, 2.05) is 19.9 Å². The van der Waals surface area contributed by atoms with Crippen molar-refractivity contribution in [3.63, 3.8) is 0 Å². The second-order valence-corrected chi connectivity index (χ2v) is 10.2. The molecule has 0 aliphatic heterocycles. The first kappa shape index (κ1) is 23.4. The van der Waals surface area contributed by atoms with Gasteiger partial charge in [0.05, 0.1) is 7.11 Å². The number of esters is 1. The molecule has 0 spiro atoms. The number of methoxy groups -OCH3 is 1. The van der Waals surface area contributed by atoms with Crippen LogP contribution in [0.1, 0.15) is 52.9 Å². The lowest BCUT2D eigenvalue weighted by Crippen LogP contribution is -2.62. The van der Waals surface area contributed by atoms with E-state index in [4.69, 9.17) is 14.2 Å². The van der Waals surface area contributed by atoms with Crippen molar-refractivity contribution in [1.29, 1.82) is 0 Å². The number of fused-ring (bicyclic) bond motifs is 5. The van der Waals surface area contributed by atoms with E-state index in [2.05, 4.69) is 0 Å². The quantitative estimate of drug-likeness (QED) is 0.591. The van der Waals surface area contributed by atoms with Gasteiger partial charge in [0.25, 0.3) is 0 Å². The Labute approximate surface area is 192 Å². The summed E-state index contributed by atoms with van der Waals surface area (Å²) < 4.78 is 15.3. The highest BCUT2D eigenvalue weighted by molar-refractivity contribution is 6.02. The maximum Gasteiger partial charge on any atom is 0.509 e. The molecule has 4 aliphatic carbocycles. The molecule has 0 aromatic rings. The van der Waals surface area contributed by atoms with Crippen molar-refractivity contribution in [3.8, 4) is 0 Å². The molecule has 0 radical (unpaired) electrons. The van der Waals surface area contributed by atoms with Gasteiger partial charge in [-0.3, -0.25) is 19.2 Å². The van der Waals surface area contributed by atoms with Crippen LogP contribution in [0.4, 0.5) is 4.79 Å². The number of rotatable bonds is 4. The largest absolute Gasteiger partial charge is 0.509 e. The average Bonchev–Trinajstić information content (AvgIpc) is 3.04. The van der Waals surface area contributed by atoms with Crippen molar-refractivity contribution in [2.24, 2.45) is 28.6 Å². The van der Waals surface area contributed by atoms with Crippen LogP contribution in [-0.2, 0) is 33.4 Å². The highest BCUT2D eigenvalue weighted by atomic mass is 16.7. The van der Waals surface area contributed by atoms with Gasteiger partial charge in [0.2, 0.25) is 5.78 Å². The van der Waals surface area contributed by atoms with Crippen molar-refractivity contribution >= 4 is 29.5 Å². The van der Waals surface area contributed by atoms with Crippen molar-refractivity contribution in [2.45, 2.75) is 58.5 Å². The van der Waals surface area contributed by atoms with Crippen LogP contribution >= 0.6 is 0 Å². The van der Waals surface area contributed by atoms with E-state index in [0.717, 1.165) is 12.7 Å². The first-order valence-electron chi connectivity index (χ1n) is 11.4. The Bertz CT molecular complexity index is 992. The summed E-state index contributed by atoms with van der Waals surface area (Å²) in [6.45, 7) is 4.51. The van der Waals surface area contributed by atoms with E-state index in [-0.39, 0.29) is 42.2 Å². The molecule has 0 bridgehead atoms. The first-order chi connectivity index (χ1) is 15.5. The van der Waals surface area contributed by atoms with E-state index in [1.54, 1.807) is 6.08 Å². The van der Waals surface area contributed by atoms with Gasteiger partial charge in [-0.1, -0.05) is 25.5 Å². The molecular formula is C25H30O8. The van der Waals surface area contributed by atoms with Crippen LogP contribution < -0.4 is 0 Å². The topological polar surface area (TPSA) is 113 Å². The molecule has 33 heavy (non-hydrogen) atoms. The zero-order valence-corrected chi connectivity index (χ0v) is 19.5. The molecule has 4 rings (SSSR count). The summed E-state index contributed by atoms with van der Waals surface area (Å²) in [6.07, 6.45) is 6.32. The molecule has 0 aromatic heterocycles. The maximum atomic E-state index is 13.7. The summed E-state index contributed by atoms with van der Waals surface area (Å²) in [7, 11) is 1.16. The smallest absolute Gasteiger partial charge is 0.458 e. The van der Waals surface area contributed by atoms with Gasteiger partial charge in [-0.2, -0.15) is 0 Å². The fraction of sp³-hybridized carbons (Fsp3) is 0.640. The maximum absolute atomic E-state index is 13.7. The number of carbonyl (C=O) groups excluding carboxylic acids is 5. The number of ketones is 3. The van der Waals surface area contributed by atoms with Crippen molar-refractivity contribution in [3.05, 3.63) is 23.8 Å². The Morgan fingerprint density at radius 2 is 1.88 bits per heavy atom. The van der Waals surface area contributed by atoms with Crippen molar-refractivity contribution in [1.82, 2.24) is 0 Å². The van der Waals surface area contributed by atoms with Gasteiger partial charge in [0.15, 0.2) is 18.0 Å². The molecule has 6 atom stereocenters. The van der Waals surface area contributed by atoms with Crippen LogP contribution in [0.2, 0.25) is 0 Å². The average molecular weight is 459 g/mol. The highest BCUT2D eigenvalue weighted by Gasteiger charge is 2.70. The van der Waals surface area contributed by atoms with E-state index in [9.17, 15) is 24.0 Å². The molecule has 0 amide bonds. The van der Waals surface area contributed by atoms with Crippen LogP contribution in [0.15, 0.2) is 23.8 Å². The molecule has 0 N–H and O–H groups in total. The number of ether oxygens (including phenoxy) is 3. The van der Waals surface area contributed by atoms with E-state index < -0.39 is 40.9 Å². The monoisotopic (exact) mass is 458 g/mol. The fourth-order valence-electron chi connectivity index (χ4n) is 7.17. The number of carbonyl (C=O) groups is 5. The zero-order valence-electron chi connectivity index (χ0n) is 19.5. The van der Waals surface area contributed by atoms with Crippen LogP contribution in [0.25, 0.3) is 0 Å². The molecule has 4 aliphatic rings. The predicted molar refractivity (Wildman–Crippen MR) is 115 cm³/mol. The van der Waals surface area contributed by atoms with Crippen LogP contribution in [0.3, 0.4) is 0 Å². The van der Waals surface area contributed by atoms with Gasteiger partial charge >= 0.3 is 12.1 Å². The lowest BCUT2D eigenvalue weighted by Gasteiger charge is -2.57. The van der Waals surface area contributed by atoms with Crippen LogP contribution in [0.5, 0.6) is 0 Å². The normalized spacial score (nSPS) is 39.0. The van der Waals surface area contributed by atoms with Gasteiger partial charge in [-0.05, 0) is 49.7 Å². The van der Waals surface area contributed by atoms with E-state index in [1.165, 1.54) is 13.0 Å². The SMILES string of the molecule is COC(=O)O[C@]1(C(=O)COC(C)=O)CC[C@H]2[C@@H]3CCC4=CC(=O)C=C[C@]4(C)[C@H]3C(=O)C[C@@]21C. The molecular weight excluding hydrogens is 428 g/mol. The number of allylic oxidation sites excluding steroid dienone is 4. The first-order valence-corrected chi connectivity index (χ1v) is 11.4. The number of hydrogen-bond donors (Lipinski definition) is 0. The third-order valence-electron chi connectivity index (χ3n) is 8.66. The molecule has 0 unspecified atom stereocenters. The Hall–Kier alpha value is -2.77. The van der Waals surface area contributed by atoms with Crippen LogP contribution in [-0.4, -0.2) is 48.8 Å². The Morgan fingerprint density at radius 3 is 2.55 bits per heavy atom. The van der Waals surface area contributed by atoms with E-state index in [0.29, 0.717) is 19.3 Å². The van der Waals surface area contributed by atoms with Crippen molar-refractivity contribution in [2.75, 3.05) is 13.7 Å². The summed E-state index contributed by atoms with van der Waals surface area (Å²) in [5.74, 6) is -1.62. The summed E-state index contributed by atoms with van der Waals surface area (Å²) in [4.78, 5) is 62.7. The molecule has 0 saturated heterocycles. The van der Waals surface area contributed by atoms with Gasteiger partial charge in [-0.15, -0.1) is 0 Å². The Balaban J connectivity index is 1.74. The molecule has 8 nitrogen and oxygen atoms in total. The molecule has 8 heteroatoms. The second kappa shape index (κ2) is 7.92. The summed E-state index contributed by atoms with van der Waals surface area (Å²) >= 11 is 0. The third kappa shape index (κ3) is 3.37.